The largest absolute Gasteiger partial charge is 0.495 e. The second-order valence-corrected chi connectivity index (χ2v) is 8.19. The number of nitrogens with zero attached hydrogens (tertiary/aromatic N) is 2. The minimum atomic E-state index is -0.281. The zero-order valence-electron chi connectivity index (χ0n) is 16.9. The maximum absolute atomic E-state index is 12.7. The number of carbonyl (C=O) groups is 1. The van der Waals surface area contributed by atoms with E-state index in [1.807, 2.05) is 32.9 Å². The van der Waals surface area contributed by atoms with E-state index in [9.17, 15) is 4.79 Å². The third kappa shape index (κ3) is 4.59. The highest BCUT2D eigenvalue weighted by atomic mass is 79.9. The molecule has 0 aliphatic heterocycles. The summed E-state index contributed by atoms with van der Waals surface area (Å²) in [5.41, 5.74) is 1.64. The number of nitrogens with one attached hydrogen (secondary N) is 1. The van der Waals surface area contributed by atoms with Gasteiger partial charge in [0.05, 0.1) is 14.2 Å². The molecule has 0 saturated carbocycles. The highest BCUT2D eigenvalue weighted by molar-refractivity contribution is 9.10. The third-order valence-electron chi connectivity index (χ3n) is 4.18. The van der Waals surface area contributed by atoms with E-state index < -0.39 is 0 Å². The van der Waals surface area contributed by atoms with Crippen LogP contribution in [0.2, 0.25) is 0 Å². The minimum Gasteiger partial charge on any atom is -0.495 e. The number of rotatable bonds is 5. The second kappa shape index (κ2) is 8.24. The van der Waals surface area contributed by atoms with E-state index in [2.05, 4.69) is 31.4 Å². The first-order valence-corrected chi connectivity index (χ1v) is 9.69. The molecule has 0 saturated heterocycles. The summed E-state index contributed by atoms with van der Waals surface area (Å²) in [6, 6.07) is 10.5. The fourth-order valence-corrected chi connectivity index (χ4v) is 3.10. The first-order valence-electron chi connectivity index (χ1n) is 8.90. The predicted molar refractivity (Wildman–Crippen MR) is 114 cm³/mol. The lowest BCUT2D eigenvalue weighted by Gasteiger charge is -2.12. The van der Waals surface area contributed by atoms with E-state index in [1.54, 1.807) is 24.3 Å². The normalized spacial score (nSPS) is 11.2. The van der Waals surface area contributed by atoms with E-state index in [4.69, 9.17) is 14.0 Å². The van der Waals surface area contributed by atoms with Crippen molar-refractivity contribution in [3.05, 3.63) is 52.3 Å². The molecular weight excluding hydrogens is 438 g/mol. The van der Waals surface area contributed by atoms with Crippen LogP contribution in [0.15, 0.2) is 45.4 Å². The maximum Gasteiger partial charge on any atom is 0.255 e. The van der Waals surface area contributed by atoms with Crippen LogP contribution in [0, 0.1) is 0 Å². The average molecular weight is 460 g/mol. The zero-order valence-corrected chi connectivity index (χ0v) is 18.5. The molecule has 1 aromatic heterocycles. The highest BCUT2D eigenvalue weighted by Crippen LogP contribution is 2.35. The fourth-order valence-electron chi connectivity index (χ4n) is 2.55. The second-order valence-electron chi connectivity index (χ2n) is 7.40. The fraction of sp³-hybridized carbons (Fsp3) is 0.286. The molecule has 0 fully saturated rings. The molecule has 152 valence electrons. The van der Waals surface area contributed by atoms with Crippen molar-refractivity contribution in [1.29, 1.82) is 0 Å². The summed E-state index contributed by atoms with van der Waals surface area (Å²) in [6.45, 7) is 6.03. The number of hydrogen-bond acceptors (Lipinski definition) is 6. The number of benzene rings is 2. The van der Waals surface area contributed by atoms with Gasteiger partial charge in [0.2, 0.25) is 11.7 Å². The van der Waals surface area contributed by atoms with Gasteiger partial charge in [0.25, 0.3) is 5.91 Å². The maximum atomic E-state index is 12.7. The Balaban J connectivity index is 1.78. The lowest BCUT2D eigenvalue weighted by molar-refractivity contribution is 0.102. The van der Waals surface area contributed by atoms with Crippen LogP contribution in [-0.4, -0.2) is 30.3 Å². The number of ether oxygens (including phenoxy) is 2. The van der Waals surface area contributed by atoms with E-state index in [-0.39, 0.29) is 11.3 Å². The van der Waals surface area contributed by atoms with Crippen molar-refractivity contribution in [3.63, 3.8) is 0 Å². The van der Waals surface area contributed by atoms with Gasteiger partial charge in [0.15, 0.2) is 0 Å². The van der Waals surface area contributed by atoms with Crippen molar-refractivity contribution in [1.82, 2.24) is 10.1 Å². The van der Waals surface area contributed by atoms with Gasteiger partial charge in [-0.05, 0) is 52.3 Å². The Hall–Kier alpha value is -2.87. The Morgan fingerprint density at radius 3 is 2.14 bits per heavy atom. The SMILES string of the molecule is COc1cc(C(=O)Nc2ccc(-c3noc(C(C)(C)C)n3)cc2)cc(OC)c1Br. The van der Waals surface area contributed by atoms with E-state index in [1.165, 1.54) is 14.2 Å². The van der Waals surface area contributed by atoms with Crippen molar-refractivity contribution < 1.29 is 18.8 Å². The molecule has 7 nitrogen and oxygen atoms in total. The zero-order chi connectivity index (χ0) is 21.2. The topological polar surface area (TPSA) is 86.5 Å². The lowest BCUT2D eigenvalue weighted by Crippen LogP contribution is -2.12. The molecule has 29 heavy (non-hydrogen) atoms. The standard InChI is InChI=1S/C21H22BrN3O4/c1-21(2,3)20-24-18(25-29-20)12-6-8-14(9-7-12)23-19(26)13-10-15(27-4)17(22)16(11-13)28-5/h6-11H,1-5H3,(H,23,26). The molecule has 3 rings (SSSR count). The van der Waals surface area contributed by atoms with Crippen LogP contribution in [0.1, 0.15) is 37.0 Å². The summed E-state index contributed by atoms with van der Waals surface area (Å²) in [5.74, 6) is 1.82. The molecule has 0 atom stereocenters. The van der Waals surface area contributed by atoms with Crippen molar-refractivity contribution in [2.75, 3.05) is 19.5 Å². The van der Waals surface area contributed by atoms with Crippen molar-refractivity contribution in [2.24, 2.45) is 0 Å². The Bertz CT molecular complexity index is 998. The quantitative estimate of drug-likeness (QED) is 0.573. The number of methoxy groups -OCH3 is 2. The monoisotopic (exact) mass is 459 g/mol. The first-order chi connectivity index (χ1) is 13.7. The third-order valence-corrected chi connectivity index (χ3v) is 4.96. The predicted octanol–water partition coefficient (Wildman–Crippen LogP) is 5.07. The van der Waals surface area contributed by atoms with Gasteiger partial charge in [-0.25, -0.2) is 0 Å². The summed E-state index contributed by atoms with van der Waals surface area (Å²) in [6.07, 6.45) is 0. The molecule has 0 radical (unpaired) electrons. The Labute approximate surface area is 177 Å². The number of aromatic nitrogens is 2. The Kier molecular flexibility index (Phi) is 5.93. The Morgan fingerprint density at radius 2 is 1.66 bits per heavy atom. The van der Waals surface area contributed by atoms with Gasteiger partial charge in [-0.3, -0.25) is 4.79 Å². The molecular formula is C21H22BrN3O4. The van der Waals surface area contributed by atoms with Crippen LogP contribution >= 0.6 is 15.9 Å². The number of amides is 1. The smallest absolute Gasteiger partial charge is 0.255 e. The van der Waals surface area contributed by atoms with Gasteiger partial charge >= 0.3 is 0 Å². The molecule has 8 heteroatoms. The molecule has 2 aromatic carbocycles. The van der Waals surface area contributed by atoms with Crippen LogP contribution in [0.5, 0.6) is 11.5 Å². The summed E-state index contributed by atoms with van der Waals surface area (Å²) in [5, 5.41) is 6.89. The van der Waals surface area contributed by atoms with Crippen molar-refractivity contribution >= 4 is 27.5 Å². The van der Waals surface area contributed by atoms with E-state index in [0.29, 0.717) is 38.9 Å². The molecule has 0 aliphatic carbocycles. The summed E-state index contributed by atoms with van der Waals surface area (Å²) >= 11 is 3.39. The molecule has 0 bridgehead atoms. The molecule has 1 N–H and O–H groups in total. The van der Waals surface area contributed by atoms with Crippen LogP contribution in [-0.2, 0) is 5.41 Å². The van der Waals surface area contributed by atoms with Crippen LogP contribution in [0.25, 0.3) is 11.4 Å². The minimum absolute atomic E-state index is 0.216. The van der Waals surface area contributed by atoms with Crippen LogP contribution in [0.4, 0.5) is 5.69 Å². The number of halogens is 1. The summed E-state index contributed by atoms with van der Waals surface area (Å²) < 4.78 is 16.6. The van der Waals surface area contributed by atoms with Crippen molar-refractivity contribution in [2.45, 2.75) is 26.2 Å². The van der Waals surface area contributed by atoms with E-state index >= 15 is 0 Å². The lowest BCUT2D eigenvalue weighted by atomic mass is 9.97. The highest BCUT2D eigenvalue weighted by Gasteiger charge is 2.22. The molecule has 1 amide bonds. The number of anilines is 1. The van der Waals surface area contributed by atoms with Crippen molar-refractivity contribution in [3.8, 4) is 22.9 Å². The first kappa shape index (κ1) is 20.9. The van der Waals surface area contributed by atoms with Crippen LogP contribution < -0.4 is 14.8 Å². The molecule has 0 spiro atoms. The van der Waals surface area contributed by atoms with Crippen LogP contribution in [0.3, 0.4) is 0 Å². The molecule has 0 aliphatic rings. The van der Waals surface area contributed by atoms with Gasteiger partial charge in [-0.1, -0.05) is 25.9 Å². The number of carbonyl (C=O) groups excluding carboxylic acids is 1. The number of hydrogen-bond donors (Lipinski definition) is 1. The summed E-state index contributed by atoms with van der Waals surface area (Å²) in [7, 11) is 3.06. The average Bonchev–Trinajstić information content (AvgIpc) is 3.19. The molecule has 3 aromatic rings. The van der Waals surface area contributed by atoms with Gasteiger partial charge < -0.3 is 19.3 Å². The van der Waals surface area contributed by atoms with Gasteiger partial charge in [0, 0.05) is 22.2 Å². The van der Waals surface area contributed by atoms with Gasteiger partial charge in [-0.2, -0.15) is 4.98 Å². The van der Waals surface area contributed by atoms with Gasteiger partial charge in [-0.15, -0.1) is 0 Å². The molecule has 0 unspecified atom stereocenters. The van der Waals surface area contributed by atoms with E-state index in [0.717, 1.165) is 5.56 Å². The molecule has 1 heterocycles. The Morgan fingerprint density at radius 1 is 1.07 bits per heavy atom. The van der Waals surface area contributed by atoms with Gasteiger partial charge in [0.1, 0.15) is 16.0 Å². The summed E-state index contributed by atoms with van der Waals surface area (Å²) in [4.78, 5) is 17.1.